The van der Waals surface area contributed by atoms with E-state index in [0.717, 1.165) is 28.6 Å². The van der Waals surface area contributed by atoms with E-state index in [-0.39, 0.29) is 25.0 Å². The Kier molecular flexibility index (Phi) is 6.98. The molecule has 0 bridgehead atoms. The number of hydrogen-bond donors (Lipinski definition) is 0. The summed E-state index contributed by atoms with van der Waals surface area (Å²) in [4.78, 5) is 30.3. The third kappa shape index (κ3) is 5.37. The van der Waals surface area contributed by atoms with Crippen molar-refractivity contribution in [1.29, 1.82) is 0 Å². The Morgan fingerprint density at radius 2 is 2.15 bits per heavy atom. The van der Waals surface area contributed by atoms with Crippen LogP contribution < -0.4 is 4.90 Å². The van der Waals surface area contributed by atoms with E-state index in [1.807, 2.05) is 29.6 Å². The summed E-state index contributed by atoms with van der Waals surface area (Å²) in [5, 5.41) is 2.51. The number of benzene rings is 1. The van der Waals surface area contributed by atoms with E-state index in [1.54, 1.807) is 11.8 Å². The van der Waals surface area contributed by atoms with Gasteiger partial charge in [0.1, 0.15) is 0 Å². The van der Waals surface area contributed by atoms with E-state index in [4.69, 9.17) is 9.47 Å². The maximum Gasteiger partial charge on any atom is 0.306 e. The first-order valence-electron chi connectivity index (χ1n) is 8.86. The first-order valence-corrected chi connectivity index (χ1v) is 10.5. The van der Waals surface area contributed by atoms with Gasteiger partial charge in [0, 0.05) is 28.4 Å². The van der Waals surface area contributed by atoms with Crippen molar-refractivity contribution < 1.29 is 19.1 Å². The van der Waals surface area contributed by atoms with E-state index in [1.165, 1.54) is 11.3 Å². The number of hydrogen-bond acceptors (Lipinski definition) is 6. The van der Waals surface area contributed by atoms with Gasteiger partial charge in [-0.25, -0.2) is 4.98 Å². The summed E-state index contributed by atoms with van der Waals surface area (Å²) in [7, 11) is 0. The number of aromatic nitrogens is 1. The largest absolute Gasteiger partial charge is 0.456 e. The van der Waals surface area contributed by atoms with Crippen LogP contribution in [0.3, 0.4) is 0 Å². The molecule has 1 fully saturated rings. The maximum absolute atomic E-state index is 12.7. The first kappa shape index (κ1) is 20.0. The number of carbonyl (C=O) groups is 2. The molecule has 1 atom stereocenters. The Bertz CT molecular complexity index is 787. The van der Waals surface area contributed by atoms with Crippen molar-refractivity contribution in [3.8, 4) is 11.3 Å². The molecule has 8 heteroatoms. The molecule has 0 spiro atoms. The van der Waals surface area contributed by atoms with Gasteiger partial charge in [-0.05, 0) is 25.0 Å². The highest BCUT2D eigenvalue weighted by atomic mass is 79.9. The van der Waals surface area contributed by atoms with Gasteiger partial charge in [-0.1, -0.05) is 35.0 Å². The topological polar surface area (TPSA) is 68.7 Å². The van der Waals surface area contributed by atoms with E-state index in [9.17, 15) is 9.59 Å². The fraction of sp³-hybridized carbons (Fsp3) is 0.421. The van der Waals surface area contributed by atoms with Crippen LogP contribution in [0.4, 0.5) is 5.13 Å². The third-order valence-electron chi connectivity index (χ3n) is 4.22. The van der Waals surface area contributed by atoms with E-state index in [0.29, 0.717) is 18.3 Å². The molecule has 2 aromatic rings. The SMILES string of the molecule is CCC(=O)OCC(=O)N(C[C@@H]1CCCO1)c1nc(-c2ccc(Br)cc2)cs1. The molecular weight excluding hydrogens is 432 g/mol. The van der Waals surface area contributed by atoms with Crippen molar-refractivity contribution in [3.63, 3.8) is 0 Å². The van der Waals surface area contributed by atoms with Crippen molar-refractivity contribution in [1.82, 2.24) is 4.98 Å². The van der Waals surface area contributed by atoms with Gasteiger partial charge in [-0.2, -0.15) is 0 Å². The summed E-state index contributed by atoms with van der Waals surface area (Å²) in [6.07, 6.45) is 2.11. The van der Waals surface area contributed by atoms with Crippen LogP contribution in [-0.4, -0.2) is 42.7 Å². The number of esters is 1. The average Bonchev–Trinajstić information content (AvgIpc) is 3.36. The smallest absolute Gasteiger partial charge is 0.306 e. The second kappa shape index (κ2) is 9.43. The minimum Gasteiger partial charge on any atom is -0.456 e. The molecule has 0 unspecified atom stereocenters. The van der Waals surface area contributed by atoms with Gasteiger partial charge in [0.2, 0.25) is 0 Å². The summed E-state index contributed by atoms with van der Waals surface area (Å²) in [6, 6.07) is 7.85. The summed E-state index contributed by atoms with van der Waals surface area (Å²) in [5.41, 5.74) is 1.78. The van der Waals surface area contributed by atoms with Crippen molar-refractivity contribution in [2.75, 3.05) is 24.7 Å². The van der Waals surface area contributed by atoms with Gasteiger partial charge in [0.25, 0.3) is 5.91 Å². The van der Waals surface area contributed by atoms with Gasteiger partial charge in [0.15, 0.2) is 11.7 Å². The second-order valence-electron chi connectivity index (χ2n) is 6.18. The molecule has 0 radical (unpaired) electrons. The van der Waals surface area contributed by atoms with E-state index in [2.05, 4.69) is 20.9 Å². The molecule has 1 aromatic carbocycles. The fourth-order valence-corrected chi connectivity index (χ4v) is 3.87. The number of nitrogens with zero attached hydrogens (tertiary/aromatic N) is 2. The molecular formula is C19H21BrN2O4S. The average molecular weight is 453 g/mol. The normalized spacial score (nSPS) is 16.3. The molecule has 1 aliphatic rings. The zero-order valence-corrected chi connectivity index (χ0v) is 17.4. The first-order chi connectivity index (χ1) is 13.1. The maximum atomic E-state index is 12.7. The number of amides is 1. The Morgan fingerprint density at radius 3 is 2.81 bits per heavy atom. The quantitative estimate of drug-likeness (QED) is 0.592. The molecule has 1 aliphatic heterocycles. The lowest BCUT2D eigenvalue weighted by molar-refractivity contribution is -0.147. The number of thiazole rings is 1. The predicted octanol–water partition coefficient (Wildman–Crippen LogP) is 4.04. The highest BCUT2D eigenvalue weighted by Gasteiger charge is 2.26. The van der Waals surface area contributed by atoms with Gasteiger partial charge in [-0.15, -0.1) is 11.3 Å². The predicted molar refractivity (Wildman–Crippen MR) is 108 cm³/mol. The summed E-state index contributed by atoms with van der Waals surface area (Å²) >= 11 is 4.82. The van der Waals surface area contributed by atoms with Crippen LogP contribution in [-0.2, 0) is 19.1 Å². The molecule has 0 N–H and O–H groups in total. The molecule has 1 saturated heterocycles. The van der Waals surface area contributed by atoms with E-state index < -0.39 is 5.97 Å². The van der Waals surface area contributed by atoms with Crippen LogP contribution in [0.25, 0.3) is 11.3 Å². The molecule has 2 heterocycles. The standard InChI is InChI=1S/C19H21BrN2O4S/c1-2-18(24)26-11-17(23)22(10-15-4-3-9-25-15)19-21-16(12-27-19)13-5-7-14(20)8-6-13/h5-8,12,15H,2-4,9-11H2,1H3/t15-/m0/s1. The van der Waals surface area contributed by atoms with Gasteiger partial charge in [0.05, 0.1) is 18.3 Å². The third-order valence-corrected chi connectivity index (χ3v) is 5.61. The Morgan fingerprint density at radius 1 is 1.37 bits per heavy atom. The lowest BCUT2D eigenvalue weighted by Crippen LogP contribution is -2.40. The van der Waals surface area contributed by atoms with Crippen LogP contribution in [0.1, 0.15) is 26.2 Å². The zero-order valence-electron chi connectivity index (χ0n) is 15.0. The fourth-order valence-electron chi connectivity index (χ4n) is 2.74. The lowest BCUT2D eigenvalue weighted by Gasteiger charge is -2.22. The van der Waals surface area contributed by atoms with Crippen LogP contribution >= 0.6 is 27.3 Å². The highest BCUT2D eigenvalue weighted by Crippen LogP contribution is 2.29. The van der Waals surface area contributed by atoms with Crippen LogP contribution in [0.2, 0.25) is 0 Å². The minimum atomic E-state index is -0.393. The number of anilines is 1. The number of rotatable bonds is 7. The molecule has 27 heavy (non-hydrogen) atoms. The Balaban J connectivity index is 1.77. The van der Waals surface area contributed by atoms with Crippen LogP contribution in [0.5, 0.6) is 0 Å². The number of carbonyl (C=O) groups excluding carboxylic acids is 2. The molecule has 6 nitrogen and oxygen atoms in total. The van der Waals surface area contributed by atoms with E-state index >= 15 is 0 Å². The van der Waals surface area contributed by atoms with Crippen molar-refractivity contribution >= 4 is 44.3 Å². The summed E-state index contributed by atoms with van der Waals surface area (Å²) in [6.45, 7) is 2.53. The summed E-state index contributed by atoms with van der Waals surface area (Å²) < 4.78 is 11.7. The van der Waals surface area contributed by atoms with Crippen LogP contribution in [0.15, 0.2) is 34.1 Å². The Labute approximate surface area is 170 Å². The summed E-state index contributed by atoms with van der Waals surface area (Å²) in [5.74, 6) is -0.681. The zero-order chi connectivity index (χ0) is 19.2. The minimum absolute atomic E-state index is 0.0177. The van der Waals surface area contributed by atoms with Gasteiger partial charge in [-0.3, -0.25) is 14.5 Å². The lowest BCUT2D eigenvalue weighted by atomic mass is 10.2. The van der Waals surface area contributed by atoms with Crippen molar-refractivity contribution in [3.05, 3.63) is 34.1 Å². The van der Waals surface area contributed by atoms with Gasteiger partial charge < -0.3 is 9.47 Å². The van der Waals surface area contributed by atoms with Crippen molar-refractivity contribution in [2.45, 2.75) is 32.3 Å². The van der Waals surface area contributed by atoms with Crippen molar-refractivity contribution in [2.24, 2.45) is 0 Å². The second-order valence-corrected chi connectivity index (χ2v) is 7.93. The monoisotopic (exact) mass is 452 g/mol. The Hall–Kier alpha value is -1.77. The highest BCUT2D eigenvalue weighted by molar-refractivity contribution is 9.10. The molecule has 144 valence electrons. The number of ether oxygens (including phenoxy) is 2. The van der Waals surface area contributed by atoms with Gasteiger partial charge >= 0.3 is 5.97 Å². The molecule has 3 rings (SSSR count). The molecule has 0 saturated carbocycles. The number of halogens is 1. The molecule has 0 aliphatic carbocycles. The molecule has 1 amide bonds. The molecule has 1 aromatic heterocycles. The van der Waals surface area contributed by atoms with Crippen LogP contribution in [0, 0.1) is 0 Å².